The molecular weight excluding hydrogens is 407 g/mol. The summed E-state index contributed by atoms with van der Waals surface area (Å²) in [5, 5.41) is 0. The molecule has 0 aliphatic heterocycles. The minimum absolute atomic E-state index is 0. The van der Waals surface area contributed by atoms with Crippen molar-refractivity contribution in [2.45, 2.75) is 19.9 Å². The van der Waals surface area contributed by atoms with Crippen LogP contribution in [-0.2, 0) is 6.54 Å². The number of pyridine rings is 1. The molecule has 2 rings (SSSR count). The van der Waals surface area contributed by atoms with Crippen LogP contribution in [0.15, 0.2) is 47.6 Å². The Balaban J connectivity index is 0.00000264. The Kier molecular flexibility index (Phi) is 8.17. The fraction of sp³-hybridized carbons (Fsp3) is 0.250. The van der Waals surface area contributed by atoms with Crippen molar-refractivity contribution in [2.75, 3.05) is 6.61 Å². The van der Waals surface area contributed by atoms with E-state index in [0.29, 0.717) is 24.8 Å². The van der Waals surface area contributed by atoms with Gasteiger partial charge >= 0.3 is 0 Å². The van der Waals surface area contributed by atoms with Gasteiger partial charge in [-0.2, -0.15) is 0 Å². The number of nitrogens with two attached hydrogens (primary N) is 2. The van der Waals surface area contributed by atoms with Crippen LogP contribution in [0.2, 0.25) is 0 Å². The van der Waals surface area contributed by atoms with Crippen molar-refractivity contribution in [3.05, 3.63) is 48.2 Å². The first-order valence-electron chi connectivity index (χ1n) is 7.09. The monoisotopic (exact) mass is 428 g/mol. The van der Waals surface area contributed by atoms with E-state index < -0.39 is 0 Å². The van der Waals surface area contributed by atoms with Gasteiger partial charge in [0.15, 0.2) is 5.96 Å². The maximum atomic E-state index is 5.78. The van der Waals surface area contributed by atoms with E-state index in [-0.39, 0.29) is 29.9 Å². The Morgan fingerprint density at radius 1 is 1.13 bits per heavy atom. The van der Waals surface area contributed by atoms with Crippen molar-refractivity contribution < 1.29 is 9.47 Å². The lowest BCUT2D eigenvalue weighted by molar-refractivity contribution is 0.317. The molecule has 0 aliphatic rings. The van der Waals surface area contributed by atoms with Crippen LogP contribution in [0.3, 0.4) is 0 Å². The van der Waals surface area contributed by atoms with Crippen molar-refractivity contribution in [1.82, 2.24) is 4.98 Å². The standard InChI is InChI=1S/C16H20N4O2.HI/c1-2-10-21-13-5-7-14(8-6-13)22-15-12(4-3-9-19-15)11-20-16(17)18;/h3-9H,2,10-11H2,1H3,(H4,17,18,20);1H. The summed E-state index contributed by atoms with van der Waals surface area (Å²) in [4.78, 5) is 8.20. The van der Waals surface area contributed by atoms with Crippen LogP contribution in [0.25, 0.3) is 0 Å². The van der Waals surface area contributed by atoms with Crippen molar-refractivity contribution in [2.24, 2.45) is 16.5 Å². The molecular formula is C16H21IN4O2. The first kappa shape index (κ1) is 19.0. The van der Waals surface area contributed by atoms with Gasteiger partial charge in [0.1, 0.15) is 11.5 Å². The predicted octanol–water partition coefficient (Wildman–Crippen LogP) is 3.05. The van der Waals surface area contributed by atoms with Crippen LogP contribution in [0.5, 0.6) is 17.4 Å². The van der Waals surface area contributed by atoms with Crippen molar-refractivity contribution in [3.8, 4) is 17.4 Å². The molecule has 0 aliphatic carbocycles. The summed E-state index contributed by atoms with van der Waals surface area (Å²) in [5.74, 6) is 2.01. The number of aromatic nitrogens is 1. The van der Waals surface area contributed by atoms with Crippen LogP contribution in [0.1, 0.15) is 18.9 Å². The van der Waals surface area contributed by atoms with E-state index in [1.807, 2.05) is 36.4 Å². The molecule has 0 unspecified atom stereocenters. The van der Waals surface area contributed by atoms with E-state index in [1.165, 1.54) is 0 Å². The topological polar surface area (TPSA) is 95.8 Å². The fourth-order valence-electron chi connectivity index (χ4n) is 1.75. The zero-order valence-corrected chi connectivity index (χ0v) is 15.3. The van der Waals surface area contributed by atoms with Gasteiger partial charge in [-0.15, -0.1) is 24.0 Å². The van der Waals surface area contributed by atoms with Gasteiger partial charge in [-0.25, -0.2) is 9.98 Å². The maximum Gasteiger partial charge on any atom is 0.224 e. The zero-order valence-electron chi connectivity index (χ0n) is 12.9. The highest BCUT2D eigenvalue weighted by Gasteiger charge is 2.06. The molecule has 0 amide bonds. The number of hydrogen-bond donors (Lipinski definition) is 2. The highest BCUT2D eigenvalue weighted by atomic mass is 127. The molecule has 0 fully saturated rings. The van der Waals surface area contributed by atoms with Crippen LogP contribution in [0.4, 0.5) is 0 Å². The van der Waals surface area contributed by atoms with E-state index in [2.05, 4.69) is 16.9 Å². The first-order valence-corrected chi connectivity index (χ1v) is 7.09. The summed E-state index contributed by atoms with van der Waals surface area (Å²) in [5.41, 5.74) is 11.5. The number of halogens is 1. The maximum absolute atomic E-state index is 5.78. The van der Waals surface area contributed by atoms with Crippen LogP contribution in [0, 0.1) is 0 Å². The number of rotatable bonds is 7. The fourth-order valence-corrected chi connectivity index (χ4v) is 1.75. The summed E-state index contributed by atoms with van der Waals surface area (Å²) < 4.78 is 11.3. The molecule has 1 aromatic carbocycles. The smallest absolute Gasteiger partial charge is 0.224 e. The number of benzene rings is 1. The molecule has 0 atom stereocenters. The molecule has 0 saturated heterocycles. The molecule has 0 radical (unpaired) electrons. The van der Waals surface area contributed by atoms with Gasteiger partial charge in [-0.1, -0.05) is 13.0 Å². The van der Waals surface area contributed by atoms with E-state index in [1.54, 1.807) is 6.20 Å². The summed E-state index contributed by atoms with van der Waals surface area (Å²) in [6, 6.07) is 11.1. The molecule has 4 N–H and O–H groups in total. The molecule has 23 heavy (non-hydrogen) atoms. The summed E-state index contributed by atoms with van der Waals surface area (Å²) in [6.45, 7) is 3.09. The van der Waals surface area contributed by atoms with Gasteiger partial charge in [0.2, 0.25) is 5.88 Å². The first-order chi connectivity index (χ1) is 10.7. The second-order valence-electron chi connectivity index (χ2n) is 4.63. The van der Waals surface area contributed by atoms with Crippen LogP contribution < -0.4 is 20.9 Å². The van der Waals surface area contributed by atoms with Crippen molar-refractivity contribution in [3.63, 3.8) is 0 Å². The Hall–Kier alpha value is -2.03. The number of nitrogens with zero attached hydrogens (tertiary/aromatic N) is 2. The summed E-state index contributed by atoms with van der Waals surface area (Å²) >= 11 is 0. The van der Waals surface area contributed by atoms with Gasteiger partial charge in [-0.3, -0.25) is 0 Å². The van der Waals surface area contributed by atoms with Gasteiger partial charge in [0, 0.05) is 11.8 Å². The van der Waals surface area contributed by atoms with Gasteiger partial charge in [-0.05, 0) is 36.8 Å². The number of guanidine groups is 1. The number of hydrogen-bond acceptors (Lipinski definition) is 4. The molecule has 6 nitrogen and oxygen atoms in total. The quantitative estimate of drug-likeness (QED) is 0.402. The van der Waals surface area contributed by atoms with Gasteiger partial charge in [0.25, 0.3) is 0 Å². The molecule has 0 spiro atoms. The Bertz CT molecular complexity index is 628. The minimum atomic E-state index is 0. The number of ether oxygens (including phenoxy) is 2. The third kappa shape index (κ3) is 6.31. The van der Waals surface area contributed by atoms with Gasteiger partial charge < -0.3 is 20.9 Å². The highest BCUT2D eigenvalue weighted by Crippen LogP contribution is 2.25. The average Bonchev–Trinajstić information content (AvgIpc) is 2.53. The lowest BCUT2D eigenvalue weighted by Crippen LogP contribution is -2.22. The van der Waals surface area contributed by atoms with Crippen LogP contribution in [-0.4, -0.2) is 17.6 Å². The van der Waals surface area contributed by atoms with E-state index >= 15 is 0 Å². The van der Waals surface area contributed by atoms with E-state index in [4.69, 9.17) is 20.9 Å². The molecule has 1 aromatic heterocycles. The second-order valence-corrected chi connectivity index (χ2v) is 4.63. The second kappa shape index (κ2) is 9.88. The van der Waals surface area contributed by atoms with E-state index in [0.717, 1.165) is 17.7 Å². The van der Waals surface area contributed by atoms with Crippen molar-refractivity contribution in [1.29, 1.82) is 0 Å². The molecule has 1 heterocycles. The lowest BCUT2D eigenvalue weighted by Gasteiger charge is -2.09. The predicted molar refractivity (Wildman–Crippen MR) is 101 cm³/mol. The van der Waals surface area contributed by atoms with Crippen LogP contribution >= 0.6 is 24.0 Å². The lowest BCUT2D eigenvalue weighted by atomic mass is 10.2. The Labute approximate surface area is 152 Å². The zero-order chi connectivity index (χ0) is 15.8. The molecule has 2 aromatic rings. The highest BCUT2D eigenvalue weighted by molar-refractivity contribution is 14.0. The van der Waals surface area contributed by atoms with Crippen molar-refractivity contribution >= 4 is 29.9 Å². The summed E-state index contributed by atoms with van der Waals surface area (Å²) in [7, 11) is 0. The SMILES string of the molecule is CCCOc1ccc(Oc2ncccc2CN=C(N)N)cc1.I. The third-order valence-electron chi connectivity index (χ3n) is 2.79. The largest absolute Gasteiger partial charge is 0.494 e. The van der Waals surface area contributed by atoms with E-state index in [9.17, 15) is 0 Å². The average molecular weight is 428 g/mol. The minimum Gasteiger partial charge on any atom is -0.494 e. The number of aliphatic imine (C=N–C) groups is 1. The van der Waals surface area contributed by atoms with Gasteiger partial charge in [0.05, 0.1) is 13.2 Å². The normalized spacial score (nSPS) is 9.61. The Morgan fingerprint density at radius 3 is 2.48 bits per heavy atom. The Morgan fingerprint density at radius 2 is 1.83 bits per heavy atom. The molecule has 124 valence electrons. The molecule has 0 saturated carbocycles. The third-order valence-corrected chi connectivity index (χ3v) is 2.79. The summed E-state index contributed by atoms with van der Waals surface area (Å²) in [6.07, 6.45) is 2.63. The molecule has 7 heteroatoms. The molecule has 0 bridgehead atoms.